The lowest BCUT2D eigenvalue weighted by Gasteiger charge is -2.12. The Kier molecular flexibility index (Phi) is 3.86. The molecule has 1 fully saturated rings. The molecule has 1 aromatic carbocycles. The molecule has 2 aromatic rings. The SMILES string of the molecule is CC(C)c1ccnc(-c2cccc(C3CCCC3)c2)c1. The Morgan fingerprint density at radius 3 is 2.60 bits per heavy atom. The van der Waals surface area contributed by atoms with Crippen LogP contribution < -0.4 is 0 Å². The molecular formula is C19H23N. The van der Waals surface area contributed by atoms with Crippen LogP contribution in [0, 0.1) is 0 Å². The van der Waals surface area contributed by atoms with Crippen LogP contribution in [0.5, 0.6) is 0 Å². The molecule has 0 unspecified atom stereocenters. The molecule has 20 heavy (non-hydrogen) atoms. The molecule has 0 radical (unpaired) electrons. The number of aromatic nitrogens is 1. The van der Waals surface area contributed by atoms with Gasteiger partial charge >= 0.3 is 0 Å². The highest BCUT2D eigenvalue weighted by Crippen LogP contribution is 2.35. The van der Waals surface area contributed by atoms with Crippen molar-refractivity contribution in [1.29, 1.82) is 0 Å². The van der Waals surface area contributed by atoms with Crippen LogP contribution in [-0.2, 0) is 0 Å². The van der Waals surface area contributed by atoms with E-state index in [1.54, 1.807) is 0 Å². The molecule has 0 aliphatic heterocycles. The van der Waals surface area contributed by atoms with Crippen LogP contribution in [-0.4, -0.2) is 4.98 Å². The highest BCUT2D eigenvalue weighted by molar-refractivity contribution is 5.61. The highest BCUT2D eigenvalue weighted by Gasteiger charge is 2.17. The van der Waals surface area contributed by atoms with Crippen molar-refractivity contribution in [1.82, 2.24) is 4.98 Å². The van der Waals surface area contributed by atoms with Crippen molar-refractivity contribution in [2.24, 2.45) is 0 Å². The minimum atomic E-state index is 0.551. The van der Waals surface area contributed by atoms with Crippen LogP contribution >= 0.6 is 0 Å². The third-order valence-corrected chi connectivity index (χ3v) is 4.46. The first-order valence-electron chi connectivity index (χ1n) is 7.80. The summed E-state index contributed by atoms with van der Waals surface area (Å²) in [6, 6.07) is 13.4. The topological polar surface area (TPSA) is 12.9 Å². The average Bonchev–Trinajstić information content (AvgIpc) is 3.02. The van der Waals surface area contributed by atoms with E-state index in [1.165, 1.54) is 42.4 Å². The van der Waals surface area contributed by atoms with Crippen molar-refractivity contribution in [3.63, 3.8) is 0 Å². The summed E-state index contributed by atoms with van der Waals surface area (Å²) in [5.74, 6) is 1.32. The lowest BCUT2D eigenvalue weighted by Crippen LogP contribution is -1.94. The highest BCUT2D eigenvalue weighted by atomic mass is 14.7. The molecule has 1 heteroatoms. The van der Waals surface area contributed by atoms with Gasteiger partial charge in [-0.2, -0.15) is 0 Å². The number of hydrogen-bond donors (Lipinski definition) is 0. The lowest BCUT2D eigenvalue weighted by atomic mass is 9.94. The van der Waals surface area contributed by atoms with Crippen LogP contribution in [0.15, 0.2) is 42.6 Å². The standard InChI is InChI=1S/C19H23N/c1-14(2)16-10-11-20-19(13-16)18-9-5-8-17(12-18)15-6-3-4-7-15/h5,8-15H,3-4,6-7H2,1-2H3. The number of pyridine rings is 1. The summed E-state index contributed by atoms with van der Waals surface area (Å²) in [5.41, 5.74) is 5.23. The van der Waals surface area contributed by atoms with Gasteiger partial charge in [0, 0.05) is 11.8 Å². The Balaban J connectivity index is 1.93. The summed E-state index contributed by atoms with van der Waals surface area (Å²) in [4.78, 5) is 4.56. The van der Waals surface area contributed by atoms with Gasteiger partial charge in [0.15, 0.2) is 0 Å². The number of nitrogens with zero attached hydrogens (tertiary/aromatic N) is 1. The van der Waals surface area contributed by atoms with Crippen LogP contribution in [0.1, 0.15) is 62.5 Å². The van der Waals surface area contributed by atoms with Crippen LogP contribution in [0.2, 0.25) is 0 Å². The number of hydrogen-bond acceptors (Lipinski definition) is 1. The maximum atomic E-state index is 4.56. The van der Waals surface area contributed by atoms with Crippen LogP contribution in [0.4, 0.5) is 0 Å². The Bertz CT molecular complexity index is 580. The summed E-state index contributed by atoms with van der Waals surface area (Å²) in [5, 5.41) is 0. The number of rotatable bonds is 3. The second kappa shape index (κ2) is 5.78. The first-order chi connectivity index (χ1) is 9.74. The zero-order valence-corrected chi connectivity index (χ0v) is 12.5. The zero-order chi connectivity index (χ0) is 13.9. The fourth-order valence-electron chi connectivity index (χ4n) is 3.17. The molecule has 0 amide bonds. The van der Waals surface area contributed by atoms with E-state index in [4.69, 9.17) is 0 Å². The van der Waals surface area contributed by atoms with Crippen molar-refractivity contribution < 1.29 is 0 Å². The molecule has 1 heterocycles. The van der Waals surface area contributed by atoms with E-state index < -0.39 is 0 Å². The van der Waals surface area contributed by atoms with Crippen LogP contribution in [0.3, 0.4) is 0 Å². The molecule has 1 nitrogen and oxygen atoms in total. The van der Waals surface area contributed by atoms with E-state index in [9.17, 15) is 0 Å². The van der Waals surface area contributed by atoms with Gasteiger partial charge in [0.2, 0.25) is 0 Å². The third-order valence-electron chi connectivity index (χ3n) is 4.46. The molecule has 0 saturated heterocycles. The Morgan fingerprint density at radius 1 is 1.05 bits per heavy atom. The van der Waals surface area contributed by atoms with Gasteiger partial charge in [-0.15, -0.1) is 0 Å². The fourth-order valence-corrected chi connectivity index (χ4v) is 3.17. The van der Waals surface area contributed by atoms with E-state index in [1.807, 2.05) is 6.20 Å². The maximum absolute atomic E-state index is 4.56. The van der Waals surface area contributed by atoms with E-state index >= 15 is 0 Å². The summed E-state index contributed by atoms with van der Waals surface area (Å²) in [6.07, 6.45) is 7.41. The van der Waals surface area contributed by atoms with Crippen molar-refractivity contribution in [3.05, 3.63) is 53.7 Å². The van der Waals surface area contributed by atoms with Crippen molar-refractivity contribution in [3.8, 4) is 11.3 Å². The van der Waals surface area contributed by atoms with Gasteiger partial charge in [-0.25, -0.2) is 0 Å². The smallest absolute Gasteiger partial charge is 0.0704 e. The predicted octanol–water partition coefficient (Wildman–Crippen LogP) is 5.53. The Labute approximate surface area is 122 Å². The van der Waals surface area contributed by atoms with Gasteiger partial charge in [-0.05, 0) is 54.0 Å². The number of benzene rings is 1. The molecule has 0 spiro atoms. The monoisotopic (exact) mass is 265 g/mol. The molecule has 1 aliphatic rings. The van der Waals surface area contributed by atoms with Gasteiger partial charge in [-0.3, -0.25) is 4.98 Å². The Hall–Kier alpha value is -1.63. The van der Waals surface area contributed by atoms with Crippen molar-refractivity contribution >= 4 is 0 Å². The molecule has 104 valence electrons. The molecule has 0 N–H and O–H groups in total. The van der Waals surface area contributed by atoms with E-state index in [2.05, 4.69) is 55.2 Å². The first kappa shape index (κ1) is 13.4. The van der Waals surface area contributed by atoms with Gasteiger partial charge in [0.25, 0.3) is 0 Å². The molecule has 0 bridgehead atoms. The fraction of sp³-hybridized carbons (Fsp3) is 0.421. The predicted molar refractivity (Wildman–Crippen MR) is 85.0 cm³/mol. The van der Waals surface area contributed by atoms with Gasteiger partial charge in [0.1, 0.15) is 0 Å². The second-order valence-electron chi connectivity index (χ2n) is 6.24. The van der Waals surface area contributed by atoms with E-state index in [-0.39, 0.29) is 0 Å². The van der Waals surface area contributed by atoms with Crippen molar-refractivity contribution in [2.45, 2.75) is 51.4 Å². The summed E-state index contributed by atoms with van der Waals surface area (Å²) in [7, 11) is 0. The minimum Gasteiger partial charge on any atom is -0.256 e. The first-order valence-corrected chi connectivity index (χ1v) is 7.80. The molecule has 1 aromatic heterocycles. The molecular weight excluding hydrogens is 242 g/mol. The van der Waals surface area contributed by atoms with Gasteiger partial charge < -0.3 is 0 Å². The Morgan fingerprint density at radius 2 is 1.85 bits per heavy atom. The molecule has 3 rings (SSSR count). The van der Waals surface area contributed by atoms with Crippen LogP contribution in [0.25, 0.3) is 11.3 Å². The average molecular weight is 265 g/mol. The minimum absolute atomic E-state index is 0.551. The summed E-state index contributed by atoms with van der Waals surface area (Å²) >= 11 is 0. The summed E-state index contributed by atoms with van der Waals surface area (Å²) in [6.45, 7) is 4.46. The second-order valence-corrected chi connectivity index (χ2v) is 6.24. The lowest BCUT2D eigenvalue weighted by molar-refractivity contribution is 0.723. The summed E-state index contributed by atoms with van der Waals surface area (Å²) < 4.78 is 0. The van der Waals surface area contributed by atoms with E-state index in [0.29, 0.717) is 5.92 Å². The largest absolute Gasteiger partial charge is 0.256 e. The van der Waals surface area contributed by atoms with Gasteiger partial charge in [-0.1, -0.05) is 44.9 Å². The van der Waals surface area contributed by atoms with Crippen molar-refractivity contribution in [2.75, 3.05) is 0 Å². The van der Waals surface area contributed by atoms with E-state index in [0.717, 1.165) is 11.6 Å². The molecule has 0 atom stereocenters. The third kappa shape index (κ3) is 2.77. The quantitative estimate of drug-likeness (QED) is 0.711. The zero-order valence-electron chi connectivity index (χ0n) is 12.5. The normalized spacial score (nSPS) is 15.9. The maximum Gasteiger partial charge on any atom is 0.0704 e. The molecule has 1 saturated carbocycles. The van der Waals surface area contributed by atoms with Gasteiger partial charge in [0.05, 0.1) is 5.69 Å². The molecule has 1 aliphatic carbocycles.